The topological polar surface area (TPSA) is 169 Å². The van der Waals surface area contributed by atoms with Crippen LogP contribution in [0.5, 0.6) is 0 Å². The highest BCUT2D eigenvalue weighted by Crippen LogP contribution is 2.23. The maximum Gasteiger partial charge on any atom is 0.249 e. The van der Waals surface area contributed by atoms with Gasteiger partial charge in [-0.25, -0.2) is 0 Å². The SMILES string of the molecule is CCCCCCCCCCC/C=C\C/C=C\CCCCCCCCCCCCCCCCC(O)C(=O)NC(COC1OC(CO)C(O)C(O)C1O)C(O)CCCCCCCCCCCCCCC. The number of aliphatic hydroxyl groups excluding tert-OH is 6. The van der Waals surface area contributed by atoms with Gasteiger partial charge < -0.3 is 45.4 Å². The molecular formula is C58H111NO9. The van der Waals surface area contributed by atoms with Crippen LogP contribution in [0.15, 0.2) is 24.3 Å². The van der Waals surface area contributed by atoms with Gasteiger partial charge in [0.25, 0.3) is 0 Å². The molecule has 10 heteroatoms. The Balaban J connectivity index is 2.17. The molecule has 402 valence electrons. The molecule has 0 aliphatic carbocycles. The number of carbonyl (C=O) groups excluding carboxylic acids is 1. The van der Waals surface area contributed by atoms with E-state index in [2.05, 4.69) is 43.5 Å². The van der Waals surface area contributed by atoms with E-state index in [1.807, 2.05) is 0 Å². The summed E-state index contributed by atoms with van der Waals surface area (Å²) in [5, 5.41) is 65.1. The average Bonchev–Trinajstić information content (AvgIpc) is 3.34. The van der Waals surface area contributed by atoms with Crippen LogP contribution in [0.3, 0.4) is 0 Å². The Hall–Kier alpha value is -1.37. The Morgan fingerprint density at radius 3 is 1.26 bits per heavy atom. The van der Waals surface area contributed by atoms with Gasteiger partial charge in [0.05, 0.1) is 25.4 Å². The molecule has 0 spiro atoms. The molecule has 1 rings (SSSR count). The van der Waals surface area contributed by atoms with E-state index in [9.17, 15) is 35.4 Å². The lowest BCUT2D eigenvalue weighted by Crippen LogP contribution is -2.60. The molecule has 10 nitrogen and oxygen atoms in total. The van der Waals surface area contributed by atoms with Crippen molar-refractivity contribution in [2.45, 2.75) is 326 Å². The van der Waals surface area contributed by atoms with Crippen LogP contribution in [-0.4, -0.2) is 98.7 Å². The van der Waals surface area contributed by atoms with Crippen LogP contribution in [0.2, 0.25) is 0 Å². The molecule has 0 aromatic rings. The number of nitrogens with one attached hydrogen (secondary N) is 1. The third kappa shape index (κ3) is 36.5. The fourth-order valence-corrected chi connectivity index (χ4v) is 9.44. The molecule has 7 N–H and O–H groups in total. The monoisotopic (exact) mass is 966 g/mol. The van der Waals surface area contributed by atoms with Crippen LogP contribution in [0.4, 0.5) is 0 Å². The van der Waals surface area contributed by atoms with E-state index in [0.717, 1.165) is 57.8 Å². The summed E-state index contributed by atoms with van der Waals surface area (Å²) in [6, 6.07) is -0.892. The van der Waals surface area contributed by atoms with Gasteiger partial charge in [0.1, 0.15) is 30.5 Å². The molecule has 1 aliphatic rings. The lowest BCUT2D eigenvalue weighted by molar-refractivity contribution is -0.302. The molecular weight excluding hydrogens is 855 g/mol. The van der Waals surface area contributed by atoms with Gasteiger partial charge >= 0.3 is 0 Å². The zero-order valence-electron chi connectivity index (χ0n) is 44.2. The molecule has 1 aliphatic heterocycles. The van der Waals surface area contributed by atoms with Crippen molar-refractivity contribution in [3.8, 4) is 0 Å². The van der Waals surface area contributed by atoms with Crippen LogP contribution in [0.25, 0.3) is 0 Å². The summed E-state index contributed by atoms with van der Waals surface area (Å²) in [5.41, 5.74) is 0. The quantitative estimate of drug-likeness (QED) is 0.0232. The van der Waals surface area contributed by atoms with E-state index in [4.69, 9.17) is 9.47 Å². The number of hydrogen-bond donors (Lipinski definition) is 7. The van der Waals surface area contributed by atoms with Gasteiger partial charge in [-0.1, -0.05) is 256 Å². The van der Waals surface area contributed by atoms with Crippen LogP contribution in [-0.2, 0) is 14.3 Å². The van der Waals surface area contributed by atoms with E-state index >= 15 is 0 Å². The highest BCUT2D eigenvalue weighted by Gasteiger charge is 2.44. The van der Waals surface area contributed by atoms with E-state index in [-0.39, 0.29) is 6.61 Å². The van der Waals surface area contributed by atoms with Crippen LogP contribution < -0.4 is 5.32 Å². The minimum absolute atomic E-state index is 0.253. The summed E-state index contributed by atoms with van der Waals surface area (Å²) in [7, 11) is 0. The van der Waals surface area contributed by atoms with E-state index in [0.29, 0.717) is 12.8 Å². The molecule has 1 fully saturated rings. The first-order valence-electron chi connectivity index (χ1n) is 29.1. The van der Waals surface area contributed by atoms with Crippen molar-refractivity contribution < 1.29 is 44.9 Å². The number of ether oxygens (including phenoxy) is 2. The Labute approximate surface area is 418 Å². The molecule has 1 saturated heterocycles. The summed E-state index contributed by atoms with van der Waals surface area (Å²) < 4.78 is 11.2. The summed E-state index contributed by atoms with van der Waals surface area (Å²) in [6.45, 7) is 3.69. The van der Waals surface area contributed by atoms with Gasteiger partial charge in [-0.3, -0.25) is 4.79 Å². The molecule has 68 heavy (non-hydrogen) atoms. The highest BCUT2D eigenvalue weighted by molar-refractivity contribution is 5.80. The predicted octanol–water partition coefficient (Wildman–Crippen LogP) is 13.2. The number of hydrogen-bond acceptors (Lipinski definition) is 9. The summed E-state index contributed by atoms with van der Waals surface area (Å²) in [5.74, 6) is -0.581. The van der Waals surface area contributed by atoms with Crippen molar-refractivity contribution in [3.63, 3.8) is 0 Å². The third-order valence-electron chi connectivity index (χ3n) is 14.2. The van der Waals surface area contributed by atoms with Crippen LogP contribution >= 0.6 is 0 Å². The molecule has 0 aromatic heterocycles. The van der Waals surface area contributed by atoms with E-state index in [1.165, 1.54) is 193 Å². The first kappa shape index (κ1) is 64.6. The summed E-state index contributed by atoms with van der Waals surface area (Å²) >= 11 is 0. The highest BCUT2D eigenvalue weighted by atomic mass is 16.7. The average molecular weight is 967 g/mol. The Bertz CT molecular complexity index is 1140. The lowest BCUT2D eigenvalue weighted by atomic mass is 9.99. The Morgan fingerprint density at radius 2 is 0.868 bits per heavy atom. The molecule has 0 saturated carbocycles. The number of allylic oxidation sites excluding steroid dienone is 4. The van der Waals surface area contributed by atoms with Gasteiger partial charge in [-0.05, 0) is 44.9 Å². The smallest absolute Gasteiger partial charge is 0.249 e. The molecule has 0 bridgehead atoms. The molecule has 8 unspecified atom stereocenters. The summed E-state index contributed by atoms with van der Waals surface area (Å²) in [6.07, 6.45) is 49.7. The summed E-state index contributed by atoms with van der Waals surface area (Å²) in [4.78, 5) is 13.1. The number of unbranched alkanes of at least 4 members (excludes halogenated alkanes) is 35. The van der Waals surface area contributed by atoms with Crippen molar-refractivity contribution >= 4 is 5.91 Å². The van der Waals surface area contributed by atoms with Crippen molar-refractivity contribution in [1.29, 1.82) is 0 Å². The van der Waals surface area contributed by atoms with Crippen molar-refractivity contribution in [3.05, 3.63) is 24.3 Å². The third-order valence-corrected chi connectivity index (χ3v) is 14.2. The molecule has 0 aromatic carbocycles. The zero-order chi connectivity index (χ0) is 49.6. The molecule has 1 amide bonds. The second kappa shape index (κ2) is 47.9. The first-order chi connectivity index (χ1) is 33.3. The zero-order valence-corrected chi connectivity index (χ0v) is 44.2. The lowest BCUT2D eigenvalue weighted by Gasteiger charge is -2.40. The van der Waals surface area contributed by atoms with E-state index < -0.39 is 61.5 Å². The van der Waals surface area contributed by atoms with Gasteiger partial charge in [0.2, 0.25) is 5.91 Å². The van der Waals surface area contributed by atoms with E-state index in [1.54, 1.807) is 0 Å². The first-order valence-corrected chi connectivity index (χ1v) is 29.1. The van der Waals surface area contributed by atoms with Crippen molar-refractivity contribution in [2.24, 2.45) is 0 Å². The van der Waals surface area contributed by atoms with Gasteiger partial charge in [0.15, 0.2) is 6.29 Å². The fourth-order valence-electron chi connectivity index (χ4n) is 9.44. The standard InChI is InChI=1S/C58H111NO9/c1-3-5-7-9-11-13-15-17-18-19-20-21-22-23-24-25-26-27-28-29-30-31-32-33-35-37-39-41-43-45-47-52(62)57(66)59-50(49-67-58-56(65)55(64)54(63)53(48-60)68-58)51(61)46-44-42-40-38-36-34-16-14-12-10-8-6-4-2/h20-21,23-24,50-56,58,60-65H,3-19,22,25-49H2,1-2H3,(H,59,66)/b21-20-,24-23-. The number of carbonyl (C=O) groups is 1. The van der Waals surface area contributed by atoms with Gasteiger partial charge in [0, 0.05) is 0 Å². The molecule has 0 radical (unpaired) electrons. The molecule has 8 atom stereocenters. The Kier molecular flexibility index (Phi) is 45.6. The van der Waals surface area contributed by atoms with Gasteiger partial charge in [-0.2, -0.15) is 0 Å². The minimum atomic E-state index is -1.60. The van der Waals surface area contributed by atoms with Gasteiger partial charge in [-0.15, -0.1) is 0 Å². The van der Waals surface area contributed by atoms with Crippen LogP contribution in [0.1, 0.15) is 277 Å². The van der Waals surface area contributed by atoms with Crippen molar-refractivity contribution in [2.75, 3.05) is 13.2 Å². The normalized spacial score (nSPS) is 20.1. The second-order valence-corrected chi connectivity index (χ2v) is 20.6. The Morgan fingerprint density at radius 1 is 0.500 bits per heavy atom. The maximum absolute atomic E-state index is 13.1. The van der Waals surface area contributed by atoms with Crippen molar-refractivity contribution in [1.82, 2.24) is 5.32 Å². The molecule has 1 heterocycles. The fraction of sp³-hybridized carbons (Fsp3) is 0.914. The maximum atomic E-state index is 13.1. The number of amides is 1. The second-order valence-electron chi connectivity index (χ2n) is 20.6. The van der Waals surface area contributed by atoms with Crippen LogP contribution in [0, 0.1) is 0 Å². The largest absolute Gasteiger partial charge is 0.394 e. The number of rotatable bonds is 50. The predicted molar refractivity (Wildman–Crippen MR) is 283 cm³/mol. The minimum Gasteiger partial charge on any atom is -0.394 e. The number of aliphatic hydroxyl groups is 6.